The average Bonchev–Trinajstić information content (AvgIpc) is 2.14. The maximum atomic E-state index is 11.2. The highest BCUT2D eigenvalue weighted by Gasteiger charge is 2.10. The number of aromatic nitrogens is 2. The molecule has 0 bridgehead atoms. The van der Waals surface area contributed by atoms with Crippen molar-refractivity contribution in [2.24, 2.45) is 5.41 Å². The molecule has 0 unspecified atom stereocenters. The molecule has 5 heteroatoms. The maximum Gasteiger partial charge on any atom is 0.251 e. The van der Waals surface area contributed by atoms with Gasteiger partial charge in [0.2, 0.25) is 0 Å². The van der Waals surface area contributed by atoms with Crippen molar-refractivity contribution in [1.29, 1.82) is 0 Å². The summed E-state index contributed by atoms with van der Waals surface area (Å²) in [6, 6.07) is 1.38. The molecule has 16 heavy (non-hydrogen) atoms. The lowest BCUT2D eigenvalue weighted by atomic mass is 9.99. The van der Waals surface area contributed by atoms with Crippen LogP contribution in [0.2, 0.25) is 0 Å². The number of rotatable bonds is 4. The van der Waals surface area contributed by atoms with Crippen molar-refractivity contribution in [1.82, 2.24) is 9.97 Å². The fraction of sp³-hybridized carbons (Fsp3) is 0.636. The highest BCUT2D eigenvalue weighted by Crippen LogP contribution is 2.13. The quantitative estimate of drug-likeness (QED) is 0.797. The molecule has 0 aromatic carbocycles. The van der Waals surface area contributed by atoms with Gasteiger partial charge in [0.25, 0.3) is 5.56 Å². The summed E-state index contributed by atoms with van der Waals surface area (Å²) in [5.74, 6) is 0.266. The molecule has 0 radical (unpaired) electrons. The van der Waals surface area contributed by atoms with Gasteiger partial charge in [-0.2, -0.15) is 0 Å². The minimum absolute atomic E-state index is 0.0843. The monoisotopic (exact) mass is 226 g/mol. The molecule has 5 nitrogen and oxygen atoms in total. The molecule has 0 amide bonds. The number of nitrogens with zero attached hydrogens (tertiary/aromatic N) is 1. The summed E-state index contributed by atoms with van der Waals surface area (Å²) in [5.41, 5.74) is 0.353. The summed E-state index contributed by atoms with van der Waals surface area (Å²) in [4.78, 5) is 17.6. The summed E-state index contributed by atoms with van der Waals surface area (Å²) < 4.78 is 5.44. The van der Waals surface area contributed by atoms with Gasteiger partial charge in [-0.15, -0.1) is 0 Å². The van der Waals surface area contributed by atoms with Crippen molar-refractivity contribution in [3.8, 4) is 0 Å². The van der Waals surface area contributed by atoms with Gasteiger partial charge in [0.1, 0.15) is 12.4 Å². The standard InChI is InChI=1S/C11H18N2O3/c1-11(2,3)7-16-6-8-4-10(15)13-9(5-14)12-8/h4,14H,5-7H2,1-3H3,(H,12,13,15). The van der Waals surface area contributed by atoms with Gasteiger partial charge in [-0.05, 0) is 5.41 Å². The van der Waals surface area contributed by atoms with Crippen LogP contribution >= 0.6 is 0 Å². The van der Waals surface area contributed by atoms with Crippen LogP contribution in [-0.4, -0.2) is 21.7 Å². The van der Waals surface area contributed by atoms with Gasteiger partial charge in [0.15, 0.2) is 0 Å². The van der Waals surface area contributed by atoms with Crippen LogP contribution < -0.4 is 5.56 Å². The smallest absolute Gasteiger partial charge is 0.251 e. The van der Waals surface area contributed by atoms with E-state index in [4.69, 9.17) is 9.84 Å². The van der Waals surface area contributed by atoms with E-state index in [1.165, 1.54) is 6.07 Å². The largest absolute Gasteiger partial charge is 0.388 e. The van der Waals surface area contributed by atoms with Crippen LogP contribution in [0.25, 0.3) is 0 Å². The Hall–Kier alpha value is -1.20. The highest BCUT2D eigenvalue weighted by molar-refractivity contribution is 5.01. The van der Waals surface area contributed by atoms with E-state index in [1.807, 2.05) is 0 Å². The minimum Gasteiger partial charge on any atom is -0.388 e. The number of hydrogen-bond donors (Lipinski definition) is 2. The number of aliphatic hydroxyl groups excluding tert-OH is 1. The summed E-state index contributed by atoms with van der Waals surface area (Å²) >= 11 is 0. The molecule has 1 heterocycles. The van der Waals surface area contributed by atoms with Crippen molar-refractivity contribution in [3.63, 3.8) is 0 Å². The van der Waals surface area contributed by atoms with Gasteiger partial charge < -0.3 is 14.8 Å². The second kappa shape index (κ2) is 5.23. The summed E-state index contributed by atoms with van der Waals surface area (Å²) in [6.45, 7) is 6.80. The minimum atomic E-state index is -0.275. The van der Waals surface area contributed by atoms with Crippen molar-refractivity contribution >= 4 is 0 Å². The second-order valence-electron chi connectivity index (χ2n) is 4.89. The Morgan fingerprint density at radius 3 is 2.75 bits per heavy atom. The first-order valence-electron chi connectivity index (χ1n) is 5.18. The molecular weight excluding hydrogens is 208 g/mol. The van der Waals surface area contributed by atoms with E-state index in [2.05, 4.69) is 30.7 Å². The third-order valence-electron chi connectivity index (χ3n) is 1.78. The van der Waals surface area contributed by atoms with Crippen molar-refractivity contribution in [2.75, 3.05) is 6.61 Å². The van der Waals surface area contributed by atoms with Crippen molar-refractivity contribution in [2.45, 2.75) is 34.0 Å². The van der Waals surface area contributed by atoms with Crippen LogP contribution in [0.5, 0.6) is 0 Å². The Labute approximate surface area is 94.5 Å². The molecule has 0 saturated heterocycles. The lowest BCUT2D eigenvalue weighted by Gasteiger charge is -2.17. The number of aromatic amines is 1. The average molecular weight is 226 g/mol. The molecular formula is C11H18N2O3. The van der Waals surface area contributed by atoms with Gasteiger partial charge in [0.05, 0.1) is 18.9 Å². The molecule has 1 aromatic heterocycles. The predicted molar refractivity (Wildman–Crippen MR) is 59.9 cm³/mol. The molecule has 1 aromatic rings. The van der Waals surface area contributed by atoms with E-state index < -0.39 is 0 Å². The zero-order chi connectivity index (χ0) is 12.2. The third-order valence-corrected chi connectivity index (χ3v) is 1.78. The summed E-state index contributed by atoms with van der Waals surface area (Å²) in [5, 5.41) is 8.87. The lowest BCUT2D eigenvalue weighted by molar-refractivity contribution is 0.0577. The zero-order valence-electron chi connectivity index (χ0n) is 9.91. The zero-order valence-corrected chi connectivity index (χ0v) is 9.91. The van der Waals surface area contributed by atoms with E-state index in [1.54, 1.807) is 0 Å². The number of H-pyrrole nitrogens is 1. The van der Waals surface area contributed by atoms with E-state index in [9.17, 15) is 4.79 Å². The fourth-order valence-corrected chi connectivity index (χ4v) is 1.17. The predicted octanol–water partition coefficient (Wildman–Crippen LogP) is 0.825. The molecule has 90 valence electrons. The van der Waals surface area contributed by atoms with Crippen LogP contribution in [0.15, 0.2) is 10.9 Å². The maximum absolute atomic E-state index is 11.2. The lowest BCUT2D eigenvalue weighted by Crippen LogP contribution is -2.17. The molecule has 0 aliphatic heterocycles. The van der Waals surface area contributed by atoms with E-state index >= 15 is 0 Å². The number of aliphatic hydroxyl groups is 1. The Kier molecular flexibility index (Phi) is 4.20. The molecule has 0 aliphatic rings. The van der Waals surface area contributed by atoms with Crippen LogP contribution in [0, 0.1) is 5.41 Å². The molecule has 0 fully saturated rings. The van der Waals surface area contributed by atoms with Crippen LogP contribution in [0.1, 0.15) is 32.3 Å². The number of nitrogens with one attached hydrogen (secondary N) is 1. The second-order valence-corrected chi connectivity index (χ2v) is 4.89. The SMILES string of the molecule is CC(C)(C)COCc1cc(=O)[nH]c(CO)n1. The highest BCUT2D eigenvalue weighted by atomic mass is 16.5. The first-order valence-corrected chi connectivity index (χ1v) is 5.18. The summed E-state index contributed by atoms with van der Waals surface area (Å²) in [6.07, 6.45) is 0. The van der Waals surface area contributed by atoms with Crippen molar-refractivity contribution < 1.29 is 9.84 Å². The molecule has 0 spiro atoms. The topological polar surface area (TPSA) is 75.2 Å². The van der Waals surface area contributed by atoms with Gasteiger partial charge in [-0.1, -0.05) is 20.8 Å². The van der Waals surface area contributed by atoms with Gasteiger partial charge >= 0.3 is 0 Å². The van der Waals surface area contributed by atoms with E-state index in [-0.39, 0.29) is 30.0 Å². The van der Waals surface area contributed by atoms with Gasteiger partial charge in [-0.25, -0.2) is 4.98 Å². The van der Waals surface area contributed by atoms with Crippen LogP contribution in [0.3, 0.4) is 0 Å². The Morgan fingerprint density at radius 1 is 1.50 bits per heavy atom. The fourth-order valence-electron chi connectivity index (χ4n) is 1.17. The summed E-state index contributed by atoms with van der Waals surface area (Å²) in [7, 11) is 0. The first kappa shape index (κ1) is 12.9. The van der Waals surface area contributed by atoms with Gasteiger partial charge in [-0.3, -0.25) is 4.79 Å². The van der Waals surface area contributed by atoms with Gasteiger partial charge in [0, 0.05) is 6.07 Å². The van der Waals surface area contributed by atoms with Crippen LogP contribution in [-0.2, 0) is 18.0 Å². The third kappa shape index (κ3) is 4.55. The Balaban J connectivity index is 2.60. The molecule has 1 rings (SSSR count). The first-order chi connectivity index (χ1) is 7.40. The molecule has 0 saturated carbocycles. The van der Waals surface area contributed by atoms with Crippen LogP contribution in [0.4, 0.5) is 0 Å². The normalized spacial score (nSPS) is 11.8. The Morgan fingerprint density at radius 2 is 2.19 bits per heavy atom. The Bertz CT molecular complexity index is 393. The molecule has 0 aliphatic carbocycles. The van der Waals surface area contributed by atoms with E-state index in [0.717, 1.165) is 0 Å². The van der Waals surface area contributed by atoms with E-state index in [0.29, 0.717) is 12.3 Å². The molecule has 0 atom stereocenters. The number of hydrogen-bond acceptors (Lipinski definition) is 4. The molecule has 2 N–H and O–H groups in total. The van der Waals surface area contributed by atoms with Crippen molar-refractivity contribution in [3.05, 3.63) is 27.9 Å². The number of ether oxygens (including phenoxy) is 1.